The Balaban J connectivity index is 1.23. The quantitative estimate of drug-likeness (QED) is 0.812. The number of carbonyl (C=O) groups excluding carboxylic acids is 1. The van der Waals surface area contributed by atoms with Crippen LogP contribution in [0.4, 0.5) is 4.79 Å². The molecule has 0 radical (unpaired) electrons. The summed E-state index contributed by atoms with van der Waals surface area (Å²) in [6.07, 6.45) is 10.5. The zero-order valence-electron chi connectivity index (χ0n) is 12.3. The van der Waals surface area contributed by atoms with Gasteiger partial charge in [-0.3, -0.25) is 0 Å². The van der Waals surface area contributed by atoms with Gasteiger partial charge in [0.05, 0.1) is 0 Å². The average molecular weight is 277 g/mol. The van der Waals surface area contributed by atoms with Crippen LogP contribution >= 0.6 is 0 Å². The third-order valence-corrected chi connectivity index (χ3v) is 6.06. The van der Waals surface area contributed by atoms with E-state index in [4.69, 9.17) is 0 Å². The van der Waals surface area contributed by atoms with Crippen molar-refractivity contribution in [1.82, 2.24) is 15.5 Å². The topological polar surface area (TPSA) is 44.4 Å². The molecule has 1 saturated carbocycles. The highest BCUT2D eigenvalue weighted by Gasteiger charge is 2.39. The zero-order chi connectivity index (χ0) is 13.5. The first-order chi connectivity index (χ1) is 9.78. The van der Waals surface area contributed by atoms with Crippen molar-refractivity contribution >= 4 is 6.03 Å². The summed E-state index contributed by atoms with van der Waals surface area (Å²) >= 11 is 0. The fourth-order valence-corrected chi connectivity index (χ4v) is 4.85. The largest absolute Gasteiger partial charge is 0.335 e. The maximum absolute atomic E-state index is 12.3. The van der Waals surface area contributed by atoms with Crippen LogP contribution in [0.5, 0.6) is 0 Å². The summed E-state index contributed by atoms with van der Waals surface area (Å²) in [5.74, 6) is 1.71. The van der Waals surface area contributed by atoms with Crippen LogP contribution < -0.4 is 10.6 Å². The van der Waals surface area contributed by atoms with Crippen LogP contribution in [0.1, 0.15) is 51.4 Å². The lowest BCUT2D eigenvalue weighted by molar-refractivity contribution is 0.0820. The van der Waals surface area contributed by atoms with Gasteiger partial charge in [-0.2, -0.15) is 0 Å². The number of nitrogens with one attached hydrogen (secondary N) is 2. The van der Waals surface area contributed by atoms with E-state index in [9.17, 15) is 4.79 Å². The number of urea groups is 1. The van der Waals surface area contributed by atoms with Crippen LogP contribution in [-0.2, 0) is 0 Å². The number of carbonyl (C=O) groups is 1. The predicted molar refractivity (Wildman–Crippen MR) is 78.5 cm³/mol. The molecule has 0 spiro atoms. The van der Waals surface area contributed by atoms with Crippen molar-refractivity contribution in [1.29, 1.82) is 0 Å². The molecule has 4 rings (SSSR count). The number of fused-ring (bicyclic) bond motifs is 2. The second-order valence-corrected chi connectivity index (χ2v) is 7.47. The minimum absolute atomic E-state index is 0.200. The molecule has 3 aliphatic heterocycles. The lowest BCUT2D eigenvalue weighted by Crippen LogP contribution is -2.58. The van der Waals surface area contributed by atoms with E-state index in [1.54, 1.807) is 0 Å². The maximum Gasteiger partial charge on any atom is 0.317 e. The fraction of sp³-hybridized carbons (Fsp3) is 0.938. The Bertz CT molecular complexity index is 362. The van der Waals surface area contributed by atoms with Gasteiger partial charge in [-0.25, -0.2) is 4.79 Å². The molecule has 3 heterocycles. The number of amides is 2. The number of nitrogens with zero attached hydrogens (tertiary/aromatic N) is 1. The number of hydrogen-bond donors (Lipinski definition) is 2. The maximum atomic E-state index is 12.3. The van der Waals surface area contributed by atoms with Crippen LogP contribution in [0.25, 0.3) is 0 Å². The fourth-order valence-electron chi connectivity index (χ4n) is 4.85. The van der Waals surface area contributed by atoms with E-state index in [1.807, 2.05) is 4.90 Å². The summed E-state index contributed by atoms with van der Waals surface area (Å²) < 4.78 is 0. The SMILES string of the molecule is O=C(NC1CC2CCC(C1)N2)N1CC(C2CCCC2)C1. The molecule has 2 N–H and O–H groups in total. The van der Waals surface area contributed by atoms with Gasteiger partial charge < -0.3 is 15.5 Å². The summed E-state index contributed by atoms with van der Waals surface area (Å²) in [5.41, 5.74) is 0. The van der Waals surface area contributed by atoms with Gasteiger partial charge in [0.1, 0.15) is 0 Å². The Morgan fingerprint density at radius 1 is 0.950 bits per heavy atom. The van der Waals surface area contributed by atoms with Crippen LogP contribution in [0, 0.1) is 11.8 Å². The lowest BCUT2D eigenvalue weighted by Gasteiger charge is -2.43. The van der Waals surface area contributed by atoms with Crippen molar-refractivity contribution < 1.29 is 4.79 Å². The van der Waals surface area contributed by atoms with Crippen LogP contribution in [0.2, 0.25) is 0 Å². The van der Waals surface area contributed by atoms with Gasteiger partial charge in [-0.05, 0) is 37.5 Å². The van der Waals surface area contributed by atoms with Gasteiger partial charge in [0, 0.05) is 31.2 Å². The van der Waals surface area contributed by atoms with E-state index >= 15 is 0 Å². The number of piperidine rings is 1. The molecular formula is C16H27N3O. The molecule has 4 aliphatic rings. The Morgan fingerprint density at radius 3 is 2.25 bits per heavy atom. The minimum atomic E-state index is 0.200. The molecule has 112 valence electrons. The van der Waals surface area contributed by atoms with Gasteiger partial charge in [0.2, 0.25) is 0 Å². The van der Waals surface area contributed by atoms with Crippen molar-refractivity contribution in [3.63, 3.8) is 0 Å². The van der Waals surface area contributed by atoms with Gasteiger partial charge in [0.15, 0.2) is 0 Å². The first-order valence-corrected chi connectivity index (χ1v) is 8.59. The van der Waals surface area contributed by atoms with Crippen molar-refractivity contribution in [2.24, 2.45) is 11.8 Å². The summed E-state index contributed by atoms with van der Waals surface area (Å²) in [6.45, 7) is 2.02. The molecular weight excluding hydrogens is 250 g/mol. The molecule has 4 heteroatoms. The third kappa shape index (κ3) is 2.43. The predicted octanol–water partition coefficient (Wildman–Crippen LogP) is 2.10. The van der Waals surface area contributed by atoms with Gasteiger partial charge in [-0.1, -0.05) is 25.7 Å². The monoisotopic (exact) mass is 277 g/mol. The van der Waals surface area contributed by atoms with E-state index in [0.717, 1.165) is 37.8 Å². The highest BCUT2D eigenvalue weighted by atomic mass is 16.2. The number of likely N-dealkylation sites (tertiary alicyclic amines) is 1. The summed E-state index contributed by atoms with van der Waals surface area (Å²) in [7, 11) is 0. The average Bonchev–Trinajstić information content (AvgIpc) is 2.98. The number of hydrogen-bond acceptors (Lipinski definition) is 2. The van der Waals surface area contributed by atoms with Crippen molar-refractivity contribution in [2.45, 2.75) is 69.5 Å². The van der Waals surface area contributed by atoms with E-state index in [1.165, 1.54) is 38.5 Å². The molecule has 2 bridgehead atoms. The van der Waals surface area contributed by atoms with Gasteiger partial charge in [-0.15, -0.1) is 0 Å². The minimum Gasteiger partial charge on any atom is -0.335 e. The van der Waals surface area contributed by atoms with Crippen LogP contribution in [-0.4, -0.2) is 42.1 Å². The van der Waals surface area contributed by atoms with Gasteiger partial charge in [0.25, 0.3) is 0 Å². The molecule has 4 nitrogen and oxygen atoms in total. The molecule has 2 unspecified atom stereocenters. The Morgan fingerprint density at radius 2 is 1.60 bits per heavy atom. The molecule has 0 aromatic rings. The second kappa shape index (κ2) is 5.21. The molecule has 3 saturated heterocycles. The summed E-state index contributed by atoms with van der Waals surface area (Å²) in [5, 5.41) is 6.91. The van der Waals surface area contributed by atoms with Crippen molar-refractivity contribution in [3.8, 4) is 0 Å². The third-order valence-electron chi connectivity index (χ3n) is 6.06. The molecule has 0 aromatic heterocycles. The molecule has 2 atom stereocenters. The van der Waals surface area contributed by atoms with Crippen molar-refractivity contribution in [3.05, 3.63) is 0 Å². The smallest absolute Gasteiger partial charge is 0.317 e. The van der Waals surface area contributed by atoms with E-state index in [2.05, 4.69) is 10.6 Å². The Hall–Kier alpha value is -0.770. The Kier molecular flexibility index (Phi) is 3.37. The lowest BCUT2D eigenvalue weighted by atomic mass is 9.85. The molecule has 4 fully saturated rings. The molecule has 1 aliphatic carbocycles. The second-order valence-electron chi connectivity index (χ2n) is 7.47. The van der Waals surface area contributed by atoms with Gasteiger partial charge >= 0.3 is 6.03 Å². The number of rotatable bonds is 2. The van der Waals surface area contributed by atoms with Crippen LogP contribution in [0.3, 0.4) is 0 Å². The highest BCUT2D eigenvalue weighted by Crippen LogP contribution is 2.36. The van der Waals surface area contributed by atoms with E-state index < -0.39 is 0 Å². The standard InChI is InChI=1S/C16H27N3O/c20-16(18-15-7-13-5-6-14(8-15)17-13)19-9-12(10-19)11-3-1-2-4-11/h11-15,17H,1-10H2,(H,18,20). The van der Waals surface area contributed by atoms with Crippen LogP contribution in [0.15, 0.2) is 0 Å². The van der Waals surface area contributed by atoms with Crippen molar-refractivity contribution in [2.75, 3.05) is 13.1 Å². The highest BCUT2D eigenvalue weighted by molar-refractivity contribution is 5.75. The Labute approximate surface area is 121 Å². The molecule has 2 amide bonds. The summed E-state index contributed by atoms with van der Waals surface area (Å²) in [4.78, 5) is 14.3. The summed E-state index contributed by atoms with van der Waals surface area (Å²) in [6, 6.07) is 1.92. The molecule has 0 aromatic carbocycles. The molecule has 20 heavy (non-hydrogen) atoms. The first-order valence-electron chi connectivity index (χ1n) is 8.59. The van der Waals surface area contributed by atoms with E-state index in [-0.39, 0.29) is 6.03 Å². The van der Waals surface area contributed by atoms with E-state index in [0.29, 0.717) is 18.1 Å². The normalized spacial score (nSPS) is 38.0. The zero-order valence-corrected chi connectivity index (χ0v) is 12.3. The first kappa shape index (κ1) is 12.9.